The van der Waals surface area contributed by atoms with E-state index < -0.39 is 0 Å². The Morgan fingerprint density at radius 2 is 1.82 bits per heavy atom. The summed E-state index contributed by atoms with van der Waals surface area (Å²) in [6.07, 6.45) is 2.31. The zero-order chi connectivity index (χ0) is 19.2. The molecular formula is C22H23ClN2O2S. The highest BCUT2D eigenvalue weighted by atomic mass is 35.5. The molecule has 0 bridgehead atoms. The summed E-state index contributed by atoms with van der Waals surface area (Å²) in [5.41, 5.74) is 4.27. The van der Waals surface area contributed by atoms with Crippen LogP contribution >= 0.6 is 22.9 Å². The van der Waals surface area contributed by atoms with Crippen molar-refractivity contribution in [1.82, 2.24) is 4.98 Å². The first kappa shape index (κ1) is 19.4. The fraction of sp³-hybridized carbons (Fsp3) is 0.318. The van der Waals surface area contributed by atoms with Gasteiger partial charge in [0, 0.05) is 35.7 Å². The van der Waals surface area contributed by atoms with Crippen LogP contribution in [-0.2, 0) is 22.6 Å². The Bertz CT molecular complexity index is 892. The molecule has 146 valence electrons. The second-order valence-corrected chi connectivity index (χ2v) is 8.08. The van der Waals surface area contributed by atoms with E-state index in [1.807, 2.05) is 29.6 Å². The largest absolute Gasteiger partial charge is 0.381 e. The number of hydrogen-bond donors (Lipinski definition) is 1. The Kier molecular flexibility index (Phi) is 6.60. The van der Waals surface area contributed by atoms with Crippen LogP contribution in [0.1, 0.15) is 24.0 Å². The monoisotopic (exact) mass is 414 g/mol. The van der Waals surface area contributed by atoms with Crippen molar-refractivity contribution in [1.29, 1.82) is 0 Å². The molecule has 3 aromatic rings. The van der Waals surface area contributed by atoms with Crippen LogP contribution in [0.2, 0.25) is 5.02 Å². The fourth-order valence-corrected chi connectivity index (χ4v) is 4.08. The molecule has 0 unspecified atom stereocenters. The van der Waals surface area contributed by atoms with Crippen LogP contribution in [0, 0.1) is 0 Å². The molecule has 2 heterocycles. The quantitative estimate of drug-likeness (QED) is 0.532. The molecule has 6 heteroatoms. The predicted octanol–water partition coefficient (Wildman–Crippen LogP) is 5.77. The third kappa shape index (κ3) is 5.11. The predicted molar refractivity (Wildman–Crippen MR) is 115 cm³/mol. The third-order valence-electron chi connectivity index (χ3n) is 4.77. The first-order valence-electron chi connectivity index (χ1n) is 9.49. The molecule has 0 radical (unpaired) electrons. The summed E-state index contributed by atoms with van der Waals surface area (Å²) >= 11 is 7.85. The van der Waals surface area contributed by atoms with Crippen molar-refractivity contribution >= 4 is 28.1 Å². The number of rotatable bonds is 7. The normalized spacial score (nSPS) is 14.9. The fourth-order valence-electron chi connectivity index (χ4n) is 3.14. The summed E-state index contributed by atoms with van der Waals surface area (Å²) in [5.74, 6) is 0. The van der Waals surface area contributed by atoms with Crippen LogP contribution in [0.3, 0.4) is 0 Å². The van der Waals surface area contributed by atoms with Gasteiger partial charge in [0.2, 0.25) is 0 Å². The van der Waals surface area contributed by atoms with E-state index in [-0.39, 0.29) is 0 Å². The van der Waals surface area contributed by atoms with Crippen molar-refractivity contribution in [3.63, 3.8) is 0 Å². The Hall–Kier alpha value is -1.92. The molecule has 0 spiro atoms. The number of anilines is 1. The molecule has 1 N–H and O–H groups in total. The van der Waals surface area contributed by atoms with E-state index in [0.29, 0.717) is 12.7 Å². The number of halogens is 1. The first-order chi connectivity index (χ1) is 13.8. The average Bonchev–Trinajstić information content (AvgIpc) is 3.21. The summed E-state index contributed by atoms with van der Waals surface area (Å²) in [4.78, 5) is 4.65. The number of ether oxygens (including phenoxy) is 2. The molecule has 1 fully saturated rings. The minimum absolute atomic E-state index is 0.326. The number of aromatic nitrogens is 1. The van der Waals surface area contributed by atoms with E-state index in [9.17, 15) is 0 Å². The standard InChI is InChI=1S/C22H23ClN2O2S/c23-20-4-2-1-3-19(20)21-15-28-22(25-21)24-13-16-5-7-17(8-6-16)14-27-18-9-11-26-12-10-18/h1-8,15,18H,9-14H2,(H,24,25). The Balaban J connectivity index is 1.29. The summed E-state index contributed by atoms with van der Waals surface area (Å²) in [6.45, 7) is 3.01. The van der Waals surface area contributed by atoms with Crippen LogP contribution < -0.4 is 5.32 Å². The highest BCUT2D eigenvalue weighted by molar-refractivity contribution is 7.14. The maximum Gasteiger partial charge on any atom is 0.183 e. The number of nitrogens with one attached hydrogen (secondary N) is 1. The minimum Gasteiger partial charge on any atom is -0.381 e. The molecule has 1 aliphatic rings. The van der Waals surface area contributed by atoms with Gasteiger partial charge in [0.25, 0.3) is 0 Å². The molecule has 1 aromatic heterocycles. The molecule has 2 aromatic carbocycles. The topological polar surface area (TPSA) is 43.4 Å². The number of thiazole rings is 1. The SMILES string of the molecule is Clc1ccccc1-c1csc(NCc2ccc(COC3CCOCC3)cc2)n1. The lowest BCUT2D eigenvalue weighted by Crippen LogP contribution is -2.23. The van der Waals surface area contributed by atoms with Crippen LogP contribution in [-0.4, -0.2) is 24.3 Å². The Morgan fingerprint density at radius 3 is 2.61 bits per heavy atom. The first-order valence-corrected chi connectivity index (χ1v) is 10.7. The van der Waals surface area contributed by atoms with Crippen molar-refractivity contribution in [3.05, 3.63) is 70.1 Å². The Labute approximate surface area is 174 Å². The zero-order valence-corrected chi connectivity index (χ0v) is 17.1. The molecule has 4 nitrogen and oxygen atoms in total. The van der Waals surface area contributed by atoms with Crippen molar-refractivity contribution in [2.75, 3.05) is 18.5 Å². The van der Waals surface area contributed by atoms with Crippen molar-refractivity contribution < 1.29 is 9.47 Å². The van der Waals surface area contributed by atoms with Gasteiger partial charge >= 0.3 is 0 Å². The van der Waals surface area contributed by atoms with Crippen LogP contribution in [0.25, 0.3) is 11.3 Å². The molecular weight excluding hydrogens is 392 g/mol. The number of nitrogens with zero attached hydrogens (tertiary/aromatic N) is 1. The second-order valence-electron chi connectivity index (χ2n) is 6.81. The molecule has 1 aliphatic heterocycles. The lowest BCUT2D eigenvalue weighted by molar-refractivity contribution is -0.0390. The third-order valence-corrected chi connectivity index (χ3v) is 5.90. The van der Waals surface area contributed by atoms with E-state index in [4.69, 9.17) is 21.1 Å². The van der Waals surface area contributed by atoms with Gasteiger partial charge in [-0.1, -0.05) is 54.1 Å². The van der Waals surface area contributed by atoms with Gasteiger partial charge in [-0.2, -0.15) is 0 Å². The molecule has 1 saturated heterocycles. The van der Waals surface area contributed by atoms with E-state index in [1.165, 1.54) is 11.1 Å². The summed E-state index contributed by atoms with van der Waals surface area (Å²) < 4.78 is 11.3. The van der Waals surface area contributed by atoms with Crippen LogP contribution in [0.4, 0.5) is 5.13 Å². The van der Waals surface area contributed by atoms with E-state index in [0.717, 1.165) is 54.0 Å². The van der Waals surface area contributed by atoms with E-state index >= 15 is 0 Å². The highest BCUT2D eigenvalue weighted by Crippen LogP contribution is 2.30. The van der Waals surface area contributed by atoms with Gasteiger partial charge in [0.1, 0.15) is 0 Å². The smallest absolute Gasteiger partial charge is 0.183 e. The molecule has 4 rings (SSSR count). The van der Waals surface area contributed by atoms with Gasteiger partial charge in [0.15, 0.2) is 5.13 Å². The van der Waals surface area contributed by atoms with Crippen molar-refractivity contribution in [2.24, 2.45) is 0 Å². The number of benzene rings is 2. The summed E-state index contributed by atoms with van der Waals surface area (Å²) in [5, 5.41) is 7.03. The van der Waals surface area contributed by atoms with E-state index in [2.05, 4.69) is 34.6 Å². The summed E-state index contributed by atoms with van der Waals surface area (Å²) in [7, 11) is 0. The van der Waals surface area contributed by atoms with Crippen LogP contribution in [0.5, 0.6) is 0 Å². The second kappa shape index (κ2) is 9.52. The van der Waals surface area contributed by atoms with Gasteiger partial charge in [0.05, 0.1) is 18.4 Å². The number of hydrogen-bond acceptors (Lipinski definition) is 5. The molecule has 0 saturated carbocycles. The molecule has 0 atom stereocenters. The van der Waals surface area contributed by atoms with Gasteiger partial charge < -0.3 is 14.8 Å². The van der Waals surface area contributed by atoms with Gasteiger partial charge in [-0.05, 0) is 30.0 Å². The van der Waals surface area contributed by atoms with E-state index in [1.54, 1.807) is 11.3 Å². The summed E-state index contributed by atoms with van der Waals surface area (Å²) in [6, 6.07) is 16.3. The van der Waals surface area contributed by atoms with Crippen molar-refractivity contribution in [3.8, 4) is 11.3 Å². The van der Waals surface area contributed by atoms with Crippen LogP contribution in [0.15, 0.2) is 53.9 Å². The maximum atomic E-state index is 6.26. The lowest BCUT2D eigenvalue weighted by atomic mass is 10.1. The minimum atomic E-state index is 0.326. The molecule has 0 amide bonds. The average molecular weight is 415 g/mol. The van der Waals surface area contributed by atoms with Gasteiger partial charge in [-0.3, -0.25) is 0 Å². The molecule has 28 heavy (non-hydrogen) atoms. The Morgan fingerprint density at radius 1 is 1.07 bits per heavy atom. The highest BCUT2D eigenvalue weighted by Gasteiger charge is 2.14. The lowest BCUT2D eigenvalue weighted by Gasteiger charge is -2.22. The molecule has 0 aliphatic carbocycles. The zero-order valence-electron chi connectivity index (χ0n) is 15.6. The van der Waals surface area contributed by atoms with Gasteiger partial charge in [-0.25, -0.2) is 4.98 Å². The van der Waals surface area contributed by atoms with Gasteiger partial charge in [-0.15, -0.1) is 11.3 Å². The maximum absolute atomic E-state index is 6.26. The van der Waals surface area contributed by atoms with Crippen molar-refractivity contribution in [2.45, 2.75) is 32.1 Å².